The molecule has 1 saturated heterocycles. The second-order valence-electron chi connectivity index (χ2n) is 3.36. The fourth-order valence-electron chi connectivity index (χ4n) is 1.56. The van der Waals surface area contributed by atoms with Crippen molar-refractivity contribution in [2.45, 2.75) is 6.10 Å². The molecule has 1 unspecified atom stereocenters. The average Bonchev–Trinajstić information content (AvgIpc) is 2.19. The summed E-state index contributed by atoms with van der Waals surface area (Å²) in [6.07, 6.45) is 0.211. The molecule has 1 aliphatic rings. The molecule has 0 radical (unpaired) electrons. The first-order valence-corrected chi connectivity index (χ1v) is 4.81. The standard InChI is InChI=1S/C9H20N2O2/c1-12-8-9(13-2)7-11-5-3-10-4-6-11/h9-10H,3-8H2,1-2H3. The molecule has 4 heteroatoms. The Morgan fingerprint density at radius 3 is 2.54 bits per heavy atom. The average molecular weight is 188 g/mol. The lowest BCUT2D eigenvalue weighted by Gasteiger charge is -2.30. The molecule has 0 aromatic heterocycles. The number of ether oxygens (including phenoxy) is 2. The second-order valence-corrected chi connectivity index (χ2v) is 3.36. The van der Waals surface area contributed by atoms with Gasteiger partial charge in [-0.2, -0.15) is 0 Å². The Kier molecular flexibility index (Phi) is 5.31. The third kappa shape index (κ3) is 4.04. The number of nitrogens with zero attached hydrogens (tertiary/aromatic N) is 1. The highest BCUT2D eigenvalue weighted by molar-refractivity contribution is 4.71. The quantitative estimate of drug-likeness (QED) is 0.634. The van der Waals surface area contributed by atoms with Gasteiger partial charge >= 0.3 is 0 Å². The van der Waals surface area contributed by atoms with Gasteiger partial charge in [-0.3, -0.25) is 4.90 Å². The summed E-state index contributed by atoms with van der Waals surface area (Å²) in [5.74, 6) is 0. The Morgan fingerprint density at radius 2 is 2.00 bits per heavy atom. The first kappa shape index (κ1) is 10.9. The summed E-state index contributed by atoms with van der Waals surface area (Å²) in [7, 11) is 3.45. The molecular formula is C9H20N2O2. The predicted molar refractivity (Wildman–Crippen MR) is 52.0 cm³/mol. The topological polar surface area (TPSA) is 33.7 Å². The fourth-order valence-corrected chi connectivity index (χ4v) is 1.56. The van der Waals surface area contributed by atoms with E-state index in [0.29, 0.717) is 6.61 Å². The maximum absolute atomic E-state index is 5.31. The van der Waals surface area contributed by atoms with E-state index < -0.39 is 0 Å². The van der Waals surface area contributed by atoms with Crippen molar-refractivity contribution in [1.29, 1.82) is 0 Å². The van der Waals surface area contributed by atoms with Gasteiger partial charge in [0.2, 0.25) is 0 Å². The van der Waals surface area contributed by atoms with Gasteiger partial charge in [-0.25, -0.2) is 0 Å². The van der Waals surface area contributed by atoms with Crippen molar-refractivity contribution >= 4 is 0 Å². The molecule has 0 saturated carbocycles. The lowest BCUT2D eigenvalue weighted by molar-refractivity contribution is 0.00414. The summed E-state index contributed by atoms with van der Waals surface area (Å²) in [4.78, 5) is 2.41. The third-order valence-electron chi connectivity index (χ3n) is 2.36. The van der Waals surface area contributed by atoms with Gasteiger partial charge in [0.1, 0.15) is 0 Å². The monoisotopic (exact) mass is 188 g/mol. The second kappa shape index (κ2) is 6.32. The number of nitrogens with one attached hydrogen (secondary N) is 1. The van der Waals surface area contributed by atoms with Gasteiger partial charge in [-0.15, -0.1) is 0 Å². The number of methoxy groups -OCH3 is 2. The maximum atomic E-state index is 5.31. The van der Waals surface area contributed by atoms with Gasteiger partial charge in [-0.1, -0.05) is 0 Å². The van der Waals surface area contributed by atoms with Crippen molar-refractivity contribution in [1.82, 2.24) is 10.2 Å². The van der Waals surface area contributed by atoms with E-state index >= 15 is 0 Å². The highest BCUT2D eigenvalue weighted by Gasteiger charge is 2.15. The zero-order chi connectivity index (χ0) is 9.52. The SMILES string of the molecule is COCC(CN1CCNCC1)OC. The van der Waals surface area contributed by atoms with E-state index in [0.717, 1.165) is 32.7 Å². The molecule has 1 aliphatic heterocycles. The molecule has 1 rings (SSSR count). The van der Waals surface area contributed by atoms with Crippen molar-refractivity contribution in [3.05, 3.63) is 0 Å². The van der Waals surface area contributed by atoms with E-state index in [9.17, 15) is 0 Å². The summed E-state index contributed by atoms with van der Waals surface area (Å²) < 4.78 is 10.4. The summed E-state index contributed by atoms with van der Waals surface area (Å²) in [6.45, 7) is 6.06. The third-order valence-corrected chi connectivity index (χ3v) is 2.36. The van der Waals surface area contributed by atoms with E-state index in [-0.39, 0.29) is 6.10 Å². The molecular weight excluding hydrogens is 168 g/mol. The maximum Gasteiger partial charge on any atom is 0.0931 e. The lowest BCUT2D eigenvalue weighted by atomic mass is 10.3. The van der Waals surface area contributed by atoms with Crippen LogP contribution in [0.2, 0.25) is 0 Å². The van der Waals surface area contributed by atoms with Crippen molar-refractivity contribution in [3.63, 3.8) is 0 Å². The van der Waals surface area contributed by atoms with Crippen LogP contribution in [0.25, 0.3) is 0 Å². The Labute approximate surface area is 80.2 Å². The normalized spacial score (nSPS) is 21.7. The van der Waals surface area contributed by atoms with Gasteiger partial charge in [0.15, 0.2) is 0 Å². The van der Waals surface area contributed by atoms with Gasteiger partial charge in [0, 0.05) is 46.9 Å². The fraction of sp³-hybridized carbons (Fsp3) is 1.00. The van der Waals surface area contributed by atoms with Crippen molar-refractivity contribution in [2.24, 2.45) is 0 Å². The van der Waals surface area contributed by atoms with Crippen LogP contribution >= 0.6 is 0 Å². The van der Waals surface area contributed by atoms with Crippen LogP contribution in [0.5, 0.6) is 0 Å². The first-order valence-electron chi connectivity index (χ1n) is 4.81. The Bertz CT molecular complexity index is 124. The van der Waals surface area contributed by atoms with Crippen molar-refractivity contribution < 1.29 is 9.47 Å². The molecule has 4 nitrogen and oxygen atoms in total. The largest absolute Gasteiger partial charge is 0.382 e. The van der Waals surface area contributed by atoms with Gasteiger partial charge in [0.25, 0.3) is 0 Å². The zero-order valence-electron chi connectivity index (χ0n) is 8.58. The molecule has 13 heavy (non-hydrogen) atoms. The minimum absolute atomic E-state index is 0.211. The molecule has 1 fully saturated rings. The molecule has 1 N–H and O–H groups in total. The predicted octanol–water partition coefficient (Wildman–Crippen LogP) is -0.447. The molecule has 0 amide bonds. The van der Waals surface area contributed by atoms with Crippen LogP contribution in [0.4, 0.5) is 0 Å². The minimum Gasteiger partial charge on any atom is -0.382 e. The summed E-state index contributed by atoms with van der Waals surface area (Å²) in [5.41, 5.74) is 0. The minimum atomic E-state index is 0.211. The molecule has 0 aromatic carbocycles. The van der Waals surface area contributed by atoms with E-state index in [1.54, 1.807) is 14.2 Å². The summed E-state index contributed by atoms with van der Waals surface area (Å²) in [6, 6.07) is 0. The van der Waals surface area contributed by atoms with Crippen LogP contribution in [0.3, 0.4) is 0 Å². The van der Waals surface area contributed by atoms with E-state index in [4.69, 9.17) is 9.47 Å². The number of hydrogen-bond donors (Lipinski definition) is 1. The van der Waals surface area contributed by atoms with Crippen molar-refractivity contribution in [2.75, 3.05) is 53.6 Å². The van der Waals surface area contributed by atoms with Gasteiger partial charge in [-0.05, 0) is 0 Å². The van der Waals surface area contributed by atoms with E-state index in [1.165, 1.54) is 0 Å². The summed E-state index contributed by atoms with van der Waals surface area (Å²) in [5, 5.41) is 3.32. The lowest BCUT2D eigenvalue weighted by Crippen LogP contribution is -2.47. The Hall–Kier alpha value is -0.160. The molecule has 0 spiro atoms. The Morgan fingerprint density at radius 1 is 1.31 bits per heavy atom. The molecule has 0 bridgehead atoms. The van der Waals surface area contributed by atoms with Crippen LogP contribution in [-0.2, 0) is 9.47 Å². The van der Waals surface area contributed by atoms with Gasteiger partial charge < -0.3 is 14.8 Å². The number of hydrogen-bond acceptors (Lipinski definition) is 4. The number of rotatable bonds is 5. The summed E-state index contributed by atoms with van der Waals surface area (Å²) >= 11 is 0. The Balaban J connectivity index is 2.18. The highest BCUT2D eigenvalue weighted by Crippen LogP contribution is 1.98. The van der Waals surface area contributed by atoms with Crippen LogP contribution in [0.1, 0.15) is 0 Å². The molecule has 0 aliphatic carbocycles. The molecule has 1 atom stereocenters. The molecule has 1 heterocycles. The van der Waals surface area contributed by atoms with Crippen LogP contribution < -0.4 is 5.32 Å². The number of piperazine rings is 1. The smallest absolute Gasteiger partial charge is 0.0931 e. The molecule has 0 aromatic rings. The zero-order valence-corrected chi connectivity index (χ0v) is 8.58. The molecule has 78 valence electrons. The van der Waals surface area contributed by atoms with Crippen molar-refractivity contribution in [3.8, 4) is 0 Å². The van der Waals surface area contributed by atoms with Gasteiger partial charge in [0.05, 0.1) is 12.7 Å². The van der Waals surface area contributed by atoms with Crippen LogP contribution in [-0.4, -0.2) is 64.6 Å². The van der Waals surface area contributed by atoms with Crippen LogP contribution in [0.15, 0.2) is 0 Å². The van der Waals surface area contributed by atoms with E-state index in [1.807, 2.05) is 0 Å². The first-order chi connectivity index (χ1) is 6.36. The highest BCUT2D eigenvalue weighted by atomic mass is 16.5. The van der Waals surface area contributed by atoms with E-state index in [2.05, 4.69) is 10.2 Å². The van der Waals surface area contributed by atoms with Crippen LogP contribution in [0, 0.1) is 0 Å².